The predicted molar refractivity (Wildman–Crippen MR) is 68.5 cm³/mol. The van der Waals surface area contributed by atoms with Crippen molar-refractivity contribution in [2.75, 3.05) is 0 Å². The lowest BCUT2D eigenvalue weighted by molar-refractivity contribution is 0.514. The summed E-state index contributed by atoms with van der Waals surface area (Å²) in [7, 11) is 0. The minimum Gasteiger partial charge on any atom is -0.328 e. The van der Waals surface area contributed by atoms with E-state index in [-0.39, 0.29) is 5.82 Å². The summed E-state index contributed by atoms with van der Waals surface area (Å²) in [5, 5.41) is 0. The molecule has 0 heterocycles. The third-order valence-corrected chi connectivity index (χ3v) is 3.49. The zero-order valence-electron chi connectivity index (χ0n) is 9.05. The summed E-state index contributed by atoms with van der Waals surface area (Å²) in [6, 6.07) is 5.50. The highest BCUT2D eigenvalue weighted by Gasteiger charge is 2.12. The van der Waals surface area contributed by atoms with E-state index in [1.807, 2.05) is 12.1 Å². The third-order valence-electron chi connectivity index (χ3n) is 2.99. The first kappa shape index (κ1) is 11.8. The van der Waals surface area contributed by atoms with Crippen molar-refractivity contribution in [2.24, 2.45) is 5.73 Å². The Kier molecular flexibility index (Phi) is 3.77. The van der Waals surface area contributed by atoms with Crippen LogP contribution in [0.5, 0.6) is 0 Å². The van der Waals surface area contributed by atoms with Crippen LogP contribution in [0.1, 0.15) is 31.2 Å². The van der Waals surface area contributed by atoms with E-state index in [0.717, 1.165) is 30.2 Å². The second-order valence-electron chi connectivity index (χ2n) is 4.31. The van der Waals surface area contributed by atoms with E-state index < -0.39 is 0 Å². The van der Waals surface area contributed by atoms with Gasteiger partial charge < -0.3 is 5.73 Å². The Morgan fingerprint density at radius 1 is 1.31 bits per heavy atom. The normalized spacial score (nSPS) is 20.9. The van der Waals surface area contributed by atoms with Gasteiger partial charge in [0, 0.05) is 16.1 Å². The number of nitrogens with two attached hydrogens (primary N) is 1. The summed E-state index contributed by atoms with van der Waals surface area (Å²) in [6.07, 6.45) is 5.99. The summed E-state index contributed by atoms with van der Waals surface area (Å²) in [5.74, 6) is -0.170. The quantitative estimate of drug-likeness (QED) is 0.832. The highest BCUT2D eigenvalue weighted by molar-refractivity contribution is 9.10. The van der Waals surface area contributed by atoms with E-state index >= 15 is 0 Å². The number of allylic oxidation sites excluding steroid dienone is 1. The molecular formula is C13H15BrFN. The average molecular weight is 284 g/mol. The summed E-state index contributed by atoms with van der Waals surface area (Å²) in [6.45, 7) is 0. The molecule has 1 aromatic rings. The molecule has 1 nitrogen and oxygen atoms in total. The second-order valence-corrected chi connectivity index (χ2v) is 5.22. The van der Waals surface area contributed by atoms with Gasteiger partial charge in [0.05, 0.1) is 0 Å². The van der Waals surface area contributed by atoms with Gasteiger partial charge >= 0.3 is 0 Å². The fourth-order valence-corrected chi connectivity index (χ4v) is 2.33. The second kappa shape index (κ2) is 5.11. The lowest BCUT2D eigenvalue weighted by atomic mass is 9.90. The van der Waals surface area contributed by atoms with Crippen LogP contribution in [-0.4, -0.2) is 6.04 Å². The van der Waals surface area contributed by atoms with Crippen LogP contribution in [0.4, 0.5) is 4.39 Å². The van der Waals surface area contributed by atoms with Gasteiger partial charge in [-0.15, -0.1) is 0 Å². The van der Waals surface area contributed by atoms with Crippen LogP contribution in [0.3, 0.4) is 0 Å². The zero-order valence-corrected chi connectivity index (χ0v) is 10.6. The van der Waals surface area contributed by atoms with Crippen molar-refractivity contribution in [1.29, 1.82) is 0 Å². The van der Waals surface area contributed by atoms with Crippen molar-refractivity contribution in [1.82, 2.24) is 0 Å². The Hall–Kier alpha value is -0.670. The molecular weight excluding hydrogens is 269 g/mol. The lowest BCUT2D eigenvalue weighted by Crippen LogP contribution is -2.23. The number of hydrogen-bond donors (Lipinski definition) is 1. The first-order valence-electron chi connectivity index (χ1n) is 5.55. The molecule has 0 bridgehead atoms. The SMILES string of the molecule is NC1CCC(=Cc2ccc(Br)cc2F)CC1. The van der Waals surface area contributed by atoms with Crippen LogP contribution in [0.25, 0.3) is 6.08 Å². The molecule has 2 N–H and O–H groups in total. The molecule has 0 saturated heterocycles. The van der Waals surface area contributed by atoms with E-state index in [0.29, 0.717) is 11.6 Å². The van der Waals surface area contributed by atoms with Gasteiger partial charge in [0.25, 0.3) is 0 Å². The smallest absolute Gasteiger partial charge is 0.131 e. The standard InChI is InChI=1S/C13H15BrFN/c14-11-4-3-10(13(15)8-11)7-9-1-5-12(16)6-2-9/h3-4,7-8,12H,1-2,5-6,16H2. The van der Waals surface area contributed by atoms with Gasteiger partial charge in [-0.3, -0.25) is 0 Å². The van der Waals surface area contributed by atoms with Crippen molar-refractivity contribution in [2.45, 2.75) is 31.7 Å². The predicted octanol–water partition coefficient (Wildman–Crippen LogP) is 3.87. The van der Waals surface area contributed by atoms with Crippen molar-refractivity contribution >= 4 is 22.0 Å². The lowest BCUT2D eigenvalue weighted by Gasteiger charge is -2.20. The number of benzene rings is 1. The maximum atomic E-state index is 13.6. The van der Waals surface area contributed by atoms with Crippen LogP contribution >= 0.6 is 15.9 Å². The fourth-order valence-electron chi connectivity index (χ4n) is 1.99. The molecule has 0 spiro atoms. The fraction of sp³-hybridized carbons (Fsp3) is 0.385. The van der Waals surface area contributed by atoms with Gasteiger partial charge in [-0.1, -0.05) is 33.6 Å². The Bertz CT molecular complexity index is 404. The summed E-state index contributed by atoms with van der Waals surface area (Å²) < 4.78 is 14.4. The van der Waals surface area contributed by atoms with Crippen molar-refractivity contribution in [3.63, 3.8) is 0 Å². The average Bonchev–Trinajstić information content (AvgIpc) is 2.25. The molecule has 16 heavy (non-hydrogen) atoms. The van der Waals surface area contributed by atoms with Gasteiger partial charge in [-0.05, 0) is 37.8 Å². The van der Waals surface area contributed by atoms with Crippen molar-refractivity contribution in [3.05, 3.63) is 39.6 Å². The molecule has 2 rings (SSSR count). The topological polar surface area (TPSA) is 26.0 Å². The van der Waals surface area contributed by atoms with E-state index in [4.69, 9.17) is 5.73 Å². The molecule has 1 fully saturated rings. The van der Waals surface area contributed by atoms with Crippen LogP contribution in [0, 0.1) is 5.82 Å². The molecule has 86 valence electrons. The molecule has 1 saturated carbocycles. The Morgan fingerprint density at radius 3 is 2.62 bits per heavy atom. The first-order valence-corrected chi connectivity index (χ1v) is 6.34. The summed E-state index contributed by atoms with van der Waals surface area (Å²) in [4.78, 5) is 0. The van der Waals surface area contributed by atoms with Crippen LogP contribution < -0.4 is 5.73 Å². The summed E-state index contributed by atoms with van der Waals surface area (Å²) in [5.41, 5.74) is 7.82. The van der Waals surface area contributed by atoms with Gasteiger partial charge in [0.1, 0.15) is 5.82 Å². The molecule has 0 unspecified atom stereocenters. The molecule has 0 amide bonds. The van der Waals surface area contributed by atoms with Crippen LogP contribution in [-0.2, 0) is 0 Å². The molecule has 0 aromatic heterocycles. The first-order chi connectivity index (χ1) is 7.65. The molecule has 0 aliphatic heterocycles. The van der Waals surface area contributed by atoms with E-state index in [9.17, 15) is 4.39 Å². The number of halogens is 2. The minimum atomic E-state index is -0.170. The maximum Gasteiger partial charge on any atom is 0.131 e. The largest absolute Gasteiger partial charge is 0.328 e. The molecule has 1 aliphatic rings. The van der Waals surface area contributed by atoms with Gasteiger partial charge in [-0.25, -0.2) is 4.39 Å². The monoisotopic (exact) mass is 283 g/mol. The van der Waals surface area contributed by atoms with Crippen molar-refractivity contribution < 1.29 is 4.39 Å². The van der Waals surface area contributed by atoms with Crippen molar-refractivity contribution in [3.8, 4) is 0 Å². The number of hydrogen-bond acceptors (Lipinski definition) is 1. The van der Waals surface area contributed by atoms with E-state index in [1.165, 1.54) is 11.6 Å². The zero-order chi connectivity index (χ0) is 11.5. The molecule has 1 aromatic carbocycles. The molecule has 0 atom stereocenters. The van der Waals surface area contributed by atoms with Crippen LogP contribution in [0.2, 0.25) is 0 Å². The highest BCUT2D eigenvalue weighted by Crippen LogP contribution is 2.26. The highest BCUT2D eigenvalue weighted by atomic mass is 79.9. The van der Waals surface area contributed by atoms with Gasteiger partial charge in [0.2, 0.25) is 0 Å². The Balaban J connectivity index is 2.16. The summed E-state index contributed by atoms with van der Waals surface area (Å²) >= 11 is 3.25. The minimum absolute atomic E-state index is 0.170. The van der Waals surface area contributed by atoms with Gasteiger partial charge in [0.15, 0.2) is 0 Å². The van der Waals surface area contributed by atoms with E-state index in [2.05, 4.69) is 15.9 Å². The Labute approximate surface area is 104 Å². The molecule has 0 radical (unpaired) electrons. The third kappa shape index (κ3) is 2.92. The molecule has 1 aliphatic carbocycles. The van der Waals surface area contributed by atoms with Crippen LogP contribution in [0.15, 0.2) is 28.2 Å². The van der Waals surface area contributed by atoms with E-state index in [1.54, 1.807) is 6.07 Å². The Morgan fingerprint density at radius 2 is 2.00 bits per heavy atom. The number of rotatable bonds is 1. The van der Waals surface area contributed by atoms with Gasteiger partial charge in [-0.2, -0.15) is 0 Å². The molecule has 3 heteroatoms. The maximum absolute atomic E-state index is 13.6.